The highest BCUT2D eigenvalue weighted by Crippen LogP contribution is 2.33. The fourth-order valence-electron chi connectivity index (χ4n) is 3.24. The van der Waals surface area contributed by atoms with Crippen molar-refractivity contribution < 1.29 is 19.8 Å². The largest absolute Gasteiger partial charge is 0.481 e. The van der Waals surface area contributed by atoms with E-state index in [4.69, 9.17) is 10.2 Å². The number of hydrogen-bond donors (Lipinski definition) is 3. The van der Waals surface area contributed by atoms with Crippen LogP contribution in [0.4, 0.5) is 4.79 Å². The van der Waals surface area contributed by atoms with Crippen molar-refractivity contribution in [3.63, 3.8) is 0 Å². The Balaban J connectivity index is 2.00. The number of carbonyl (C=O) groups is 2. The van der Waals surface area contributed by atoms with Gasteiger partial charge in [-0.1, -0.05) is 12.8 Å². The second kappa shape index (κ2) is 6.43. The van der Waals surface area contributed by atoms with Crippen molar-refractivity contribution in [1.29, 1.82) is 0 Å². The van der Waals surface area contributed by atoms with Gasteiger partial charge in [0.2, 0.25) is 0 Å². The first kappa shape index (κ1) is 15.1. The van der Waals surface area contributed by atoms with E-state index in [1.54, 1.807) is 4.90 Å². The summed E-state index contributed by atoms with van der Waals surface area (Å²) < 4.78 is 0. The van der Waals surface area contributed by atoms with Crippen molar-refractivity contribution in [3.8, 4) is 0 Å². The number of aliphatic carboxylic acids is 1. The molecule has 20 heavy (non-hydrogen) atoms. The molecule has 0 spiro atoms. The lowest BCUT2D eigenvalue weighted by Gasteiger charge is -2.40. The zero-order valence-corrected chi connectivity index (χ0v) is 11.8. The number of aliphatic hydroxyl groups is 1. The molecular formula is C14H24N2O4. The highest BCUT2D eigenvalue weighted by atomic mass is 16.4. The first-order chi connectivity index (χ1) is 9.56. The van der Waals surface area contributed by atoms with Crippen LogP contribution < -0.4 is 5.32 Å². The van der Waals surface area contributed by atoms with Crippen LogP contribution >= 0.6 is 0 Å². The molecule has 2 saturated carbocycles. The number of nitrogens with one attached hydrogen (secondary N) is 1. The Morgan fingerprint density at radius 1 is 1.20 bits per heavy atom. The predicted octanol–water partition coefficient (Wildman–Crippen LogP) is 1.33. The molecule has 0 atom stereocenters. The third-order valence-corrected chi connectivity index (χ3v) is 4.54. The lowest BCUT2D eigenvalue weighted by Crippen LogP contribution is -2.57. The van der Waals surface area contributed by atoms with Crippen LogP contribution in [0.5, 0.6) is 0 Å². The van der Waals surface area contributed by atoms with E-state index in [0.717, 1.165) is 44.9 Å². The van der Waals surface area contributed by atoms with Gasteiger partial charge in [-0.15, -0.1) is 0 Å². The van der Waals surface area contributed by atoms with Gasteiger partial charge >= 0.3 is 12.0 Å². The number of hydrogen-bond acceptors (Lipinski definition) is 3. The first-order valence-electron chi connectivity index (χ1n) is 7.48. The fourth-order valence-corrected chi connectivity index (χ4v) is 3.24. The van der Waals surface area contributed by atoms with Crippen molar-refractivity contribution in [1.82, 2.24) is 10.2 Å². The Bertz CT molecular complexity index is 362. The van der Waals surface area contributed by atoms with Crippen molar-refractivity contribution in [2.45, 2.75) is 62.9 Å². The molecule has 6 nitrogen and oxygen atoms in total. The highest BCUT2D eigenvalue weighted by molar-refractivity contribution is 5.77. The Morgan fingerprint density at radius 2 is 1.85 bits per heavy atom. The molecule has 2 aliphatic rings. The molecule has 114 valence electrons. The summed E-state index contributed by atoms with van der Waals surface area (Å²) in [6.07, 6.45) is 6.40. The van der Waals surface area contributed by atoms with Gasteiger partial charge in [0.1, 0.15) is 0 Å². The predicted molar refractivity (Wildman–Crippen MR) is 73.4 cm³/mol. The molecule has 0 radical (unpaired) electrons. The van der Waals surface area contributed by atoms with Crippen LogP contribution in [0.2, 0.25) is 0 Å². The molecule has 6 heteroatoms. The zero-order valence-electron chi connectivity index (χ0n) is 11.8. The minimum atomic E-state index is -0.871. The average molecular weight is 284 g/mol. The molecule has 2 rings (SSSR count). The van der Waals surface area contributed by atoms with Gasteiger partial charge in [0.05, 0.1) is 18.6 Å². The third kappa shape index (κ3) is 3.42. The van der Waals surface area contributed by atoms with Crippen molar-refractivity contribution in [3.05, 3.63) is 0 Å². The monoisotopic (exact) mass is 284 g/mol. The second-order valence-electron chi connectivity index (χ2n) is 5.99. The molecule has 0 aromatic carbocycles. The van der Waals surface area contributed by atoms with Crippen molar-refractivity contribution in [2.75, 3.05) is 13.2 Å². The molecule has 3 N–H and O–H groups in total. The van der Waals surface area contributed by atoms with E-state index >= 15 is 0 Å². The minimum absolute atomic E-state index is 0.0175. The second-order valence-corrected chi connectivity index (χ2v) is 5.99. The molecule has 2 fully saturated rings. The van der Waals surface area contributed by atoms with Crippen LogP contribution in [-0.4, -0.2) is 51.8 Å². The van der Waals surface area contributed by atoms with Crippen LogP contribution in [0.1, 0.15) is 51.4 Å². The number of carboxylic acids is 1. The molecule has 2 aliphatic carbocycles. The normalized spacial score (nSPS) is 21.2. The van der Waals surface area contributed by atoms with Gasteiger partial charge in [-0.05, 0) is 32.1 Å². The van der Waals surface area contributed by atoms with Crippen LogP contribution in [0.25, 0.3) is 0 Å². The zero-order chi connectivity index (χ0) is 14.6. The summed E-state index contributed by atoms with van der Waals surface area (Å²) in [5, 5.41) is 21.1. The fraction of sp³-hybridized carbons (Fsp3) is 0.857. The van der Waals surface area contributed by atoms with E-state index < -0.39 is 11.5 Å². The Kier molecular flexibility index (Phi) is 4.86. The maximum atomic E-state index is 12.4. The lowest BCUT2D eigenvalue weighted by molar-refractivity contribution is -0.138. The average Bonchev–Trinajstić information content (AvgIpc) is 2.73. The maximum Gasteiger partial charge on any atom is 0.318 e. The highest BCUT2D eigenvalue weighted by Gasteiger charge is 2.39. The van der Waals surface area contributed by atoms with E-state index in [1.165, 1.54) is 0 Å². The summed E-state index contributed by atoms with van der Waals surface area (Å²) in [5.74, 6) is -0.871. The van der Waals surface area contributed by atoms with Gasteiger partial charge in [0, 0.05) is 12.6 Å². The number of urea groups is 1. The Morgan fingerprint density at radius 3 is 2.30 bits per heavy atom. The van der Waals surface area contributed by atoms with Gasteiger partial charge in [0.25, 0.3) is 0 Å². The molecule has 2 amide bonds. The Labute approximate surface area is 119 Å². The number of amides is 2. The quantitative estimate of drug-likeness (QED) is 0.686. The van der Waals surface area contributed by atoms with Gasteiger partial charge in [-0.2, -0.15) is 0 Å². The number of carboxylic acid groups (broad SMARTS) is 1. The number of rotatable bonds is 6. The van der Waals surface area contributed by atoms with Crippen LogP contribution in [-0.2, 0) is 4.79 Å². The van der Waals surface area contributed by atoms with E-state index in [9.17, 15) is 9.59 Å². The summed E-state index contributed by atoms with van der Waals surface area (Å²) in [4.78, 5) is 25.1. The molecule has 0 bridgehead atoms. The molecular weight excluding hydrogens is 260 g/mol. The number of carbonyl (C=O) groups excluding carboxylic acids is 1. The van der Waals surface area contributed by atoms with E-state index in [0.29, 0.717) is 6.54 Å². The van der Waals surface area contributed by atoms with Gasteiger partial charge in [-0.3, -0.25) is 4.79 Å². The molecule has 0 aromatic heterocycles. The molecule has 0 aromatic rings. The molecule has 0 heterocycles. The smallest absolute Gasteiger partial charge is 0.318 e. The van der Waals surface area contributed by atoms with Gasteiger partial charge in [0.15, 0.2) is 0 Å². The lowest BCUT2D eigenvalue weighted by atomic mass is 9.91. The summed E-state index contributed by atoms with van der Waals surface area (Å²) in [5.41, 5.74) is -0.597. The molecule has 0 unspecified atom stereocenters. The van der Waals surface area contributed by atoms with Gasteiger partial charge < -0.3 is 20.4 Å². The maximum absolute atomic E-state index is 12.4. The summed E-state index contributed by atoms with van der Waals surface area (Å²) in [6.45, 7) is 0.259. The summed E-state index contributed by atoms with van der Waals surface area (Å²) in [7, 11) is 0. The molecule has 0 aliphatic heterocycles. The van der Waals surface area contributed by atoms with Gasteiger partial charge in [-0.25, -0.2) is 4.79 Å². The van der Waals surface area contributed by atoms with Crippen molar-refractivity contribution >= 4 is 12.0 Å². The van der Waals surface area contributed by atoms with E-state index in [2.05, 4.69) is 5.32 Å². The topological polar surface area (TPSA) is 89.9 Å². The number of aliphatic hydroxyl groups excluding tert-OH is 1. The molecule has 0 saturated heterocycles. The van der Waals surface area contributed by atoms with Crippen LogP contribution in [0, 0.1) is 0 Å². The van der Waals surface area contributed by atoms with Crippen molar-refractivity contribution in [2.24, 2.45) is 0 Å². The SMILES string of the molecule is O=C(O)CC1(NC(=O)N(CCO)C2CCC2)CCCC1. The minimum Gasteiger partial charge on any atom is -0.481 e. The first-order valence-corrected chi connectivity index (χ1v) is 7.48. The number of nitrogens with zero attached hydrogens (tertiary/aromatic N) is 1. The third-order valence-electron chi connectivity index (χ3n) is 4.54. The Hall–Kier alpha value is -1.30. The van der Waals surface area contributed by atoms with Crippen LogP contribution in [0.3, 0.4) is 0 Å². The standard InChI is InChI=1S/C14H24N2O4/c17-9-8-16(11-4-3-5-11)13(20)15-14(10-12(18)19)6-1-2-7-14/h11,17H,1-10H2,(H,15,20)(H,18,19). The summed E-state index contributed by atoms with van der Waals surface area (Å²) >= 11 is 0. The van der Waals surface area contributed by atoms with Crippen LogP contribution in [0.15, 0.2) is 0 Å². The van der Waals surface area contributed by atoms with E-state index in [1.807, 2.05) is 0 Å². The van der Waals surface area contributed by atoms with E-state index in [-0.39, 0.29) is 25.1 Å². The summed E-state index contributed by atoms with van der Waals surface area (Å²) in [6, 6.07) is -0.0164.